The molecule has 0 saturated carbocycles. The highest BCUT2D eigenvalue weighted by atomic mass is 32.2. The van der Waals surface area contributed by atoms with E-state index in [1.165, 1.54) is 11.8 Å². The summed E-state index contributed by atoms with van der Waals surface area (Å²) in [5, 5.41) is 15.4. The maximum atomic E-state index is 12.6. The summed E-state index contributed by atoms with van der Waals surface area (Å²) in [5.41, 5.74) is 3.74. The molecule has 4 aromatic rings. The Morgan fingerprint density at radius 3 is 2.61 bits per heavy atom. The first-order valence-electron chi connectivity index (χ1n) is 9.71. The third-order valence-corrected chi connectivity index (χ3v) is 5.63. The molecule has 0 aliphatic carbocycles. The normalized spacial score (nSPS) is 10.6. The summed E-state index contributed by atoms with van der Waals surface area (Å²) in [7, 11) is 0. The number of ether oxygens (including phenoxy) is 1. The molecule has 0 radical (unpaired) electrons. The number of hydrogen-bond acceptors (Lipinski definition) is 6. The quantitative estimate of drug-likeness (QED) is 0.423. The zero-order valence-corrected chi connectivity index (χ0v) is 18.0. The summed E-state index contributed by atoms with van der Waals surface area (Å²) in [6.45, 7) is 4.07. The van der Waals surface area contributed by atoms with Crippen molar-refractivity contribution in [2.24, 2.45) is 0 Å². The molecule has 0 bridgehead atoms. The first-order chi connectivity index (χ1) is 15.1. The van der Waals surface area contributed by atoms with Crippen molar-refractivity contribution in [2.45, 2.75) is 19.0 Å². The van der Waals surface area contributed by atoms with Crippen LogP contribution in [0.1, 0.15) is 11.1 Å². The second-order valence-corrected chi connectivity index (χ2v) is 7.78. The number of para-hydroxylation sites is 3. The molecule has 1 amide bonds. The van der Waals surface area contributed by atoms with Crippen LogP contribution in [0.25, 0.3) is 5.69 Å². The van der Waals surface area contributed by atoms with E-state index in [9.17, 15) is 4.79 Å². The van der Waals surface area contributed by atoms with Crippen molar-refractivity contribution in [3.05, 3.63) is 83.9 Å². The SMILES string of the molecule is Cc1cccc(-n2nnnc2SCC(=O)Nc2ccccc2Oc2ccccc2)c1C. The van der Waals surface area contributed by atoms with Gasteiger partial charge in [0.15, 0.2) is 5.75 Å². The van der Waals surface area contributed by atoms with Gasteiger partial charge in [0.25, 0.3) is 0 Å². The van der Waals surface area contributed by atoms with Gasteiger partial charge in [-0.1, -0.05) is 54.2 Å². The van der Waals surface area contributed by atoms with E-state index >= 15 is 0 Å². The molecule has 0 atom stereocenters. The van der Waals surface area contributed by atoms with E-state index in [0.29, 0.717) is 22.3 Å². The lowest BCUT2D eigenvalue weighted by Crippen LogP contribution is -2.15. The minimum atomic E-state index is -0.176. The van der Waals surface area contributed by atoms with Crippen molar-refractivity contribution in [3.63, 3.8) is 0 Å². The summed E-state index contributed by atoms with van der Waals surface area (Å²) in [6, 6.07) is 22.7. The van der Waals surface area contributed by atoms with E-state index in [2.05, 4.69) is 20.8 Å². The van der Waals surface area contributed by atoms with Gasteiger partial charge < -0.3 is 10.1 Å². The number of carbonyl (C=O) groups excluding carboxylic acids is 1. The number of thioether (sulfide) groups is 1. The van der Waals surface area contributed by atoms with Gasteiger partial charge in [-0.3, -0.25) is 4.79 Å². The Labute approximate surface area is 184 Å². The zero-order chi connectivity index (χ0) is 21.6. The van der Waals surface area contributed by atoms with Crippen LogP contribution in [-0.4, -0.2) is 31.9 Å². The van der Waals surface area contributed by atoms with Gasteiger partial charge in [-0.15, -0.1) is 5.10 Å². The molecule has 0 aliphatic rings. The number of hydrogen-bond donors (Lipinski definition) is 1. The minimum Gasteiger partial charge on any atom is -0.455 e. The second-order valence-electron chi connectivity index (χ2n) is 6.84. The average Bonchev–Trinajstić information content (AvgIpc) is 3.25. The van der Waals surface area contributed by atoms with Crippen LogP contribution in [0.2, 0.25) is 0 Å². The van der Waals surface area contributed by atoms with Crippen molar-refractivity contribution in [1.82, 2.24) is 20.2 Å². The summed E-state index contributed by atoms with van der Waals surface area (Å²) >= 11 is 1.27. The van der Waals surface area contributed by atoms with E-state index in [0.717, 1.165) is 16.8 Å². The van der Waals surface area contributed by atoms with Crippen LogP contribution in [-0.2, 0) is 4.79 Å². The maximum absolute atomic E-state index is 12.6. The van der Waals surface area contributed by atoms with Crippen LogP contribution in [0.5, 0.6) is 11.5 Å². The van der Waals surface area contributed by atoms with Crippen molar-refractivity contribution in [3.8, 4) is 17.2 Å². The first-order valence-corrected chi connectivity index (χ1v) is 10.7. The molecule has 0 fully saturated rings. The van der Waals surface area contributed by atoms with Gasteiger partial charge in [-0.25, -0.2) is 0 Å². The predicted molar refractivity (Wildman–Crippen MR) is 121 cm³/mol. The number of anilines is 1. The van der Waals surface area contributed by atoms with Crippen LogP contribution in [0.4, 0.5) is 5.69 Å². The van der Waals surface area contributed by atoms with E-state index in [1.807, 2.05) is 80.6 Å². The van der Waals surface area contributed by atoms with Gasteiger partial charge in [-0.2, -0.15) is 4.68 Å². The molecule has 1 aromatic heterocycles. The molecule has 8 heteroatoms. The van der Waals surface area contributed by atoms with Crippen molar-refractivity contribution < 1.29 is 9.53 Å². The topological polar surface area (TPSA) is 81.9 Å². The lowest BCUT2D eigenvalue weighted by Gasteiger charge is -2.12. The number of benzene rings is 3. The van der Waals surface area contributed by atoms with Crippen LogP contribution >= 0.6 is 11.8 Å². The van der Waals surface area contributed by atoms with Gasteiger partial charge >= 0.3 is 0 Å². The minimum absolute atomic E-state index is 0.158. The smallest absolute Gasteiger partial charge is 0.234 e. The zero-order valence-electron chi connectivity index (χ0n) is 17.1. The molecule has 0 saturated heterocycles. The van der Waals surface area contributed by atoms with E-state index < -0.39 is 0 Å². The van der Waals surface area contributed by atoms with Crippen molar-refractivity contribution >= 4 is 23.4 Å². The Kier molecular flexibility index (Phi) is 6.28. The molecule has 0 aliphatic heterocycles. The lowest BCUT2D eigenvalue weighted by molar-refractivity contribution is -0.113. The fourth-order valence-electron chi connectivity index (χ4n) is 2.98. The molecule has 0 unspecified atom stereocenters. The first kappa shape index (κ1) is 20.6. The molecule has 7 nitrogen and oxygen atoms in total. The second kappa shape index (κ2) is 9.44. The standard InChI is InChI=1S/C23H21N5O2S/c1-16-9-8-13-20(17(16)2)28-23(25-26-27-28)31-15-22(29)24-19-12-6-7-14-21(19)30-18-10-4-3-5-11-18/h3-14H,15H2,1-2H3,(H,24,29). The summed E-state index contributed by atoms with van der Waals surface area (Å²) in [6.07, 6.45) is 0. The van der Waals surface area contributed by atoms with Gasteiger partial charge in [0.1, 0.15) is 5.75 Å². The Hall–Kier alpha value is -3.65. The van der Waals surface area contributed by atoms with E-state index in [4.69, 9.17) is 4.74 Å². The highest BCUT2D eigenvalue weighted by Crippen LogP contribution is 2.29. The third-order valence-electron chi connectivity index (χ3n) is 4.71. The molecule has 3 aromatic carbocycles. The predicted octanol–water partition coefficient (Wildman–Crippen LogP) is 4.80. The highest BCUT2D eigenvalue weighted by molar-refractivity contribution is 7.99. The van der Waals surface area contributed by atoms with Crippen LogP contribution < -0.4 is 10.1 Å². The van der Waals surface area contributed by atoms with E-state index in [1.54, 1.807) is 10.7 Å². The molecule has 156 valence electrons. The van der Waals surface area contributed by atoms with Gasteiger partial charge in [0.2, 0.25) is 11.1 Å². The number of tetrazole rings is 1. The molecule has 1 heterocycles. The Morgan fingerprint density at radius 1 is 1.00 bits per heavy atom. The Balaban J connectivity index is 1.44. The summed E-state index contributed by atoms with van der Waals surface area (Å²) in [5.74, 6) is 1.26. The van der Waals surface area contributed by atoms with Crippen molar-refractivity contribution in [2.75, 3.05) is 11.1 Å². The number of aryl methyl sites for hydroxylation is 1. The molecular formula is C23H21N5O2S. The van der Waals surface area contributed by atoms with E-state index in [-0.39, 0.29) is 11.7 Å². The van der Waals surface area contributed by atoms with Crippen LogP contribution in [0, 0.1) is 13.8 Å². The van der Waals surface area contributed by atoms with Crippen LogP contribution in [0.15, 0.2) is 78.0 Å². The number of rotatable bonds is 7. The lowest BCUT2D eigenvalue weighted by atomic mass is 10.1. The summed E-state index contributed by atoms with van der Waals surface area (Å²) in [4.78, 5) is 12.6. The molecule has 1 N–H and O–H groups in total. The molecule has 31 heavy (non-hydrogen) atoms. The third kappa shape index (κ3) is 4.92. The number of aromatic nitrogens is 4. The largest absolute Gasteiger partial charge is 0.455 e. The van der Waals surface area contributed by atoms with Gasteiger partial charge in [0, 0.05) is 0 Å². The number of nitrogens with one attached hydrogen (secondary N) is 1. The monoisotopic (exact) mass is 431 g/mol. The molecular weight excluding hydrogens is 410 g/mol. The number of amides is 1. The maximum Gasteiger partial charge on any atom is 0.234 e. The van der Waals surface area contributed by atoms with Gasteiger partial charge in [-0.05, 0) is 65.7 Å². The number of nitrogens with zero attached hydrogens (tertiary/aromatic N) is 4. The fraction of sp³-hybridized carbons (Fsp3) is 0.130. The van der Waals surface area contributed by atoms with Crippen molar-refractivity contribution in [1.29, 1.82) is 0 Å². The van der Waals surface area contributed by atoms with Crippen LogP contribution in [0.3, 0.4) is 0 Å². The Bertz CT molecular complexity index is 1190. The summed E-state index contributed by atoms with van der Waals surface area (Å²) < 4.78 is 7.56. The molecule has 0 spiro atoms. The fourth-order valence-corrected chi connectivity index (χ4v) is 3.66. The highest BCUT2D eigenvalue weighted by Gasteiger charge is 2.15. The van der Waals surface area contributed by atoms with Gasteiger partial charge in [0.05, 0.1) is 17.1 Å². The Morgan fingerprint density at radius 2 is 1.77 bits per heavy atom. The number of carbonyl (C=O) groups is 1. The molecule has 4 rings (SSSR count). The average molecular weight is 432 g/mol.